The van der Waals surface area contributed by atoms with Crippen LogP contribution in [0.3, 0.4) is 0 Å². The van der Waals surface area contributed by atoms with Crippen LogP contribution in [-0.4, -0.2) is 37.7 Å². The summed E-state index contributed by atoms with van der Waals surface area (Å²) in [4.78, 5) is 47.9. The number of nitrogens with one attached hydrogen (secondary N) is 4. The third-order valence-electron chi connectivity index (χ3n) is 5.67. The molecule has 0 spiro atoms. The average Bonchev–Trinajstić information content (AvgIpc) is 2.91. The van der Waals surface area contributed by atoms with E-state index in [4.69, 9.17) is 0 Å². The normalized spacial score (nSPS) is 10.3. The minimum absolute atomic E-state index is 0.0167. The highest BCUT2D eigenvalue weighted by Gasteiger charge is 2.10. The fraction of sp³-hybridized carbons (Fsp3) is 0.214. The number of amides is 4. The van der Waals surface area contributed by atoms with E-state index in [0.29, 0.717) is 48.2 Å². The number of carbonyl (C=O) groups is 4. The van der Waals surface area contributed by atoms with E-state index in [1.165, 1.54) is 0 Å². The van der Waals surface area contributed by atoms with Gasteiger partial charge in [0.05, 0.1) is 0 Å². The predicted octanol–water partition coefficient (Wildman–Crippen LogP) is 3.55. The van der Waals surface area contributed by atoms with Crippen LogP contribution >= 0.6 is 0 Å². The summed E-state index contributed by atoms with van der Waals surface area (Å²) in [6.45, 7) is 0. The van der Waals surface area contributed by atoms with Gasteiger partial charge in [0, 0.05) is 49.4 Å². The van der Waals surface area contributed by atoms with Gasteiger partial charge >= 0.3 is 0 Å². The first-order valence-corrected chi connectivity index (χ1v) is 11.7. The summed E-state index contributed by atoms with van der Waals surface area (Å²) in [5.41, 5.74) is 4.15. The summed E-state index contributed by atoms with van der Waals surface area (Å²) in [6.07, 6.45) is 2.07. The van der Waals surface area contributed by atoms with Crippen molar-refractivity contribution < 1.29 is 19.2 Å². The number of hydrogen-bond donors (Lipinski definition) is 4. The molecule has 8 heteroatoms. The predicted molar refractivity (Wildman–Crippen MR) is 140 cm³/mol. The van der Waals surface area contributed by atoms with Crippen LogP contribution in [0, 0.1) is 0 Å². The van der Waals surface area contributed by atoms with Crippen LogP contribution in [0.4, 0.5) is 11.4 Å². The first-order chi connectivity index (χ1) is 17.4. The maximum absolute atomic E-state index is 12.6. The Morgan fingerprint density at radius 2 is 0.861 bits per heavy atom. The summed E-state index contributed by atoms with van der Waals surface area (Å²) < 4.78 is 0. The SMILES string of the molecule is CNC(=O)CCc1ccc(NC(=O)c2ccc(C(=O)Nc3ccc(CCC(=O)NC)cc3)cc2)cc1. The summed E-state index contributed by atoms with van der Waals surface area (Å²) in [5.74, 6) is -0.603. The van der Waals surface area contributed by atoms with Gasteiger partial charge in [0.2, 0.25) is 11.8 Å². The van der Waals surface area contributed by atoms with Crippen LogP contribution in [-0.2, 0) is 22.4 Å². The van der Waals surface area contributed by atoms with Gasteiger partial charge in [0.1, 0.15) is 0 Å². The minimum atomic E-state index is -0.285. The average molecular weight is 487 g/mol. The first-order valence-electron chi connectivity index (χ1n) is 11.7. The van der Waals surface area contributed by atoms with Gasteiger partial charge in [-0.15, -0.1) is 0 Å². The Kier molecular flexibility index (Phi) is 9.33. The summed E-state index contributed by atoms with van der Waals surface area (Å²) in [6, 6.07) is 21.1. The molecule has 36 heavy (non-hydrogen) atoms. The molecule has 0 fully saturated rings. The monoisotopic (exact) mass is 486 g/mol. The smallest absolute Gasteiger partial charge is 0.255 e. The standard InChI is InChI=1S/C28H30N4O4/c1-29-25(33)17-7-19-3-13-23(14-4-19)31-27(35)21-9-11-22(12-10-21)28(36)32-24-15-5-20(6-16-24)8-18-26(34)30-2/h3-6,9-16H,7-8,17-18H2,1-2H3,(H,29,33)(H,30,34)(H,31,35)(H,32,36). The van der Waals surface area contributed by atoms with Crippen LogP contribution in [0.1, 0.15) is 44.7 Å². The lowest BCUT2D eigenvalue weighted by molar-refractivity contribution is -0.121. The van der Waals surface area contributed by atoms with Crippen LogP contribution in [0.25, 0.3) is 0 Å². The zero-order chi connectivity index (χ0) is 25.9. The molecule has 0 radical (unpaired) electrons. The molecule has 0 aliphatic heterocycles. The van der Waals surface area contributed by atoms with Gasteiger partial charge in [-0.05, 0) is 72.5 Å². The van der Waals surface area contributed by atoms with Crippen molar-refractivity contribution in [3.8, 4) is 0 Å². The summed E-state index contributed by atoms with van der Waals surface area (Å²) >= 11 is 0. The fourth-order valence-electron chi connectivity index (χ4n) is 3.45. The zero-order valence-corrected chi connectivity index (χ0v) is 20.4. The Labute approximate surface area is 210 Å². The molecule has 3 rings (SSSR count). The molecule has 0 saturated heterocycles. The van der Waals surface area contributed by atoms with E-state index in [0.717, 1.165) is 11.1 Å². The van der Waals surface area contributed by atoms with Crippen molar-refractivity contribution in [3.63, 3.8) is 0 Å². The second-order valence-electron chi connectivity index (χ2n) is 8.23. The van der Waals surface area contributed by atoms with E-state index in [9.17, 15) is 19.2 Å². The molecule has 4 amide bonds. The quantitative estimate of drug-likeness (QED) is 0.351. The molecule has 0 unspecified atom stereocenters. The number of aryl methyl sites for hydroxylation is 2. The van der Waals surface area contributed by atoms with Crippen LogP contribution in [0.2, 0.25) is 0 Å². The van der Waals surface area contributed by atoms with Crippen LogP contribution < -0.4 is 21.3 Å². The van der Waals surface area contributed by atoms with Gasteiger partial charge in [0.25, 0.3) is 11.8 Å². The number of hydrogen-bond acceptors (Lipinski definition) is 4. The molecule has 0 aromatic heterocycles. The molecule has 0 heterocycles. The molecule has 4 N–H and O–H groups in total. The van der Waals surface area contributed by atoms with E-state index in [-0.39, 0.29) is 23.6 Å². The fourth-order valence-corrected chi connectivity index (χ4v) is 3.45. The van der Waals surface area contributed by atoms with Gasteiger partial charge in [-0.3, -0.25) is 19.2 Å². The Hall–Kier alpha value is -4.46. The van der Waals surface area contributed by atoms with Crippen molar-refractivity contribution in [2.75, 3.05) is 24.7 Å². The Morgan fingerprint density at radius 1 is 0.528 bits per heavy atom. The van der Waals surface area contributed by atoms with Gasteiger partial charge in [-0.1, -0.05) is 24.3 Å². The second-order valence-corrected chi connectivity index (χ2v) is 8.23. The lowest BCUT2D eigenvalue weighted by Gasteiger charge is -2.09. The van der Waals surface area contributed by atoms with Crippen molar-refractivity contribution in [3.05, 3.63) is 95.1 Å². The number of carbonyl (C=O) groups excluding carboxylic acids is 4. The highest BCUT2D eigenvalue weighted by molar-refractivity contribution is 6.07. The van der Waals surface area contributed by atoms with Crippen molar-refractivity contribution in [2.45, 2.75) is 25.7 Å². The molecular formula is C28H30N4O4. The van der Waals surface area contributed by atoms with Crippen molar-refractivity contribution in [1.29, 1.82) is 0 Å². The Bertz CT molecular complexity index is 1110. The second kappa shape index (κ2) is 12.9. The van der Waals surface area contributed by atoms with E-state index in [2.05, 4.69) is 21.3 Å². The Morgan fingerprint density at radius 3 is 1.17 bits per heavy atom. The van der Waals surface area contributed by atoms with Gasteiger partial charge < -0.3 is 21.3 Å². The molecule has 0 atom stereocenters. The lowest BCUT2D eigenvalue weighted by atomic mass is 10.1. The maximum Gasteiger partial charge on any atom is 0.255 e. The molecule has 0 bridgehead atoms. The third kappa shape index (κ3) is 7.80. The summed E-state index contributed by atoms with van der Waals surface area (Å²) in [5, 5.41) is 10.8. The molecule has 0 saturated carbocycles. The molecule has 8 nitrogen and oxygen atoms in total. The highest BCUT2D eigenvalue weighted by atomic mass is 16.2. The van der Waals surface area contributed by atoms with E-state index < -0.39 is 0 Å². The molecule has 3 aromatic rings. The zero-order valence-electron chi connectivity index (χ0n) is 20.4. The van der Waals surface area contributed by atoms with Crippen LogP contribution in [0.15, 0.2) is 72.8 Å². The maximum atomic E-state index is 12.6. The van der Waals surface area contributed by atoms with Crippen LogP contribution in [0.5, 0.6) is 0 Å². The van der Waals surface area contributed by atoms with Gasteiger partial charge in [-0.25, -0.2) is 0 Å². The van der Waals surface area contributed by atoms with Gasteiger partial charge in [0.15, 0.2) is 0 Å². The number of rotatable bonds is 10. The van der Waals surface area contributed by atoms with E-state index >= 15 is 0 Å². The Balaban J connectivity index is 1.52. The molecule has 0 aliphatic rings. The van der Waals surface area contributed by atoms with Crippen molar-refractivity contribution in [2.24, 2.45) is 0 Å². The third-order valence-corrected chi connectivity index (χ3v) is 5.67. The molecule has 0 aliphatic carbocycles. The molecular weight excluding hydrogens is 456 g/mol. The molecule has 3 aromatic carbocycles. The van der Waals surface area contributed by atoms with E-state index in [1.807, 2.05) is 24.3 Å². The number of benzene rings is 3. The van der Waals surface area contributed by atoms with Crippen molar-refractivity contribution in [1.82, 2.24) is 10.6 Å². The minimum Gasteiger partial charge on any atom is -0.359 e. The first kappa shape index (κ1) is 26.2. The highest BCUT2D eigenvalue weighted by Crippen LogP contribution is 2.15. The topological polar surface area (TPSA) is 116 Å². The lowest BCUT2D eigenvalue weighted by Crippen LogP contribution is -2.18. The van der Waals surface area contributed by atoms with Gasteiger partial charge in [-0.2, -0.15) is 0 Å². The van der Waals surface area contributed by atoms with E-state index in [1.54, 1.807) is 62.6 Å². The number of anilines is 2. The van der Waals surface area contributed by atoms with Crippen molar-refractivity contribution >= 4 is 35.0 Å². The molecule has 186 valence electrons. The summed E-state index contributed by atoms with van der Waals surface area (Å²) in [7, 11) is 3.22. The largest absolute Gasteiger partial charge is 0.359 e.